The average Bonchev–Trinajstić information content (AvgIpc) is 2.73. The molecule has 1 fully saturated rings. The van der Waals surface area contributed by atoms with Crippen molar-refractivity contribution in [3.05, 3.63) is 47.8 Å². The number of amides is 2. The molecule has 2 aromatic carbocycles. The molecular formula is C19H20F3N3O3. The monoisotopic (exact) mass is 395 g/mol. The molecular weight excluding hydrogens is 375 g/mol. The van der Waals surface area contributed by atoms with E-state index in [0.29, 0.717) is 37.7 Å². The minimum atomic E-state index is -1.62. The highest BCUT2D eigenvalue weighted by atomic mass is 19.2. The highest BCUT2D eigenvalue weighted by molar-refractivity contribution is 5.89. The molecule has 0 unspecified atom stereocenters. The largest absolute Gasteiger partial charge is 0.497 e. The first-order chi connectivity index (χ1) is 13.4. The van der Waals surface area contributed by atoms with Crippen molar-refractivity contribution in [1.29, 1.82) is 0 Å². The molecule has 1 N–H and O–H groups in total. The predicted octanol–water partition coefficient (Wildman–Crippen LogP) is 3.48. The van der Waals surface area contributed by atoms with E-state index in [-0.39, 0.29) is 0 Å². The van der Waals surface area contributed by atoms with E-state index in [1.165, 1.54) is 4.90 Å². The molecule has 150 valence electrons. The fourth-order valence-corrected chi connectivity index (χ4v) is 3.01. The third kappa shape index (κ3) is 3.92. The van der Waals surface area contributed by atoms with Gasteiger partial charge in [0.1, 0.15) is 11.5 Å². The lowest BCUT2D eigenvalue weighted by atomic mass is 10.2. The van der Waals surface area contributed by atoms with E-state index in [2.05, 4.69) is 10.2 Å². The number of ether oxygens (including phenoxy) is 2. The smallest absolute Gasteiger partial charge is 0.322 e. The van der Waals surface area contributed by atoms with E-state index >= 15 is 0 Å². The van der Waals surface area contributed by atoms with Crippen LogP contribution in [0.25, 0.3) is 0 Å². The van der Waals surface area contributed by atoms with Gasteiger partial charge >= 0.3 is 6.03 Å². The molecule has 0 bridgehead atoms. The Hall–Kier alpha value is -3.10. The highest BCUT2D eigenvalue weighted by Crippen LogP contribution is 2.32. The van der Waals surface area contributed by atoms with E-state index in [1.807, 2.05) is 12.1 Å². The summed E-state index contributed by atoms with van der Waals surface area (Å²) in [7, 11) is 3.14. The van der Waals surface area contributed by atoms with E-state index in [4.69, 9.17) is 9.47 Å². The van der Waals surface area contributed by atoms with Crippen molar-refractivity contribution >= 4 is 17.4 Å². The third-order valence-corrected chi connectivity index (χ3v) is 4.57. The van der Waals surface area contributed by atoms with Gasteiger partial charge in [-0.25, -0.2) is 18.0 Å². The lowest BCUT2D eigenvalue weighted by Gasteiger charge is -2.36. The van der Waals surface area contributed by atoms with Gasteiger partial charge in [0.05, 0.1) is 25.6 Å². The van der Waals surface area contributed by atoms with Gasteiger partial charge in [-0.1, -0.05) is 0 Å². The molecule has 28 heavy (non-hydrogen) atoms. The van der Waals surface area contributed by atoms with E-state index in [0.717, 1.165) is 17.8 Å². The van der Waals surface area contributed by atoms with Gasteiger partial charge < -0.3 is 24.6 Å². The van der Waals surface area contributed by atoms with Gasteiger partial charge in [-0.15, -0.1) is 0 Å². The summed E-state index contributed by atoms with van der Waals surface area (Å²) in [6.45, 7) is 1.78. The van der Waals surface area contributed by atoms with Crippen molar-refractivity contribution in [3.63, 3.8) is 0 Å². The lowest BCUT2D eigenvalue weighted by molar-refractivity contribution is 0.208. The molecule has 6 nitrogen and oxygen atoms in total. The number of piperazine rings is 1. The summed E-state index contributed by atoms with van der Waals surface area (Å²) in [5, 5.41) is 2.29. The van der Waals surface area contributed by atoms with Crippen LogP contribution in [0.5, 0.6) is 11.5 Å². The summed E-state index contributed by atoms with van der Waals surface area (Å²) in [5.41, 5.74) is 0.471. The maximum Gasteiger partial charge on any atom is 0.322 e. The first kappa shape index (κ1) is 19.7. The Kier molecular flexibility index (Phi) is 5.81. The Morgan fingerprint density at radius 3 is 2.32 bits per heavy atom. The number of halogens is 3. The number of hydrogen-bond acceptors (Lipinski definition) is 4. The van der Waals surface area contributed by atoms with Crippen LogP contribution in [0.3, 0.4) is 0 Å². The van der Waals surface area contributed by atoms with Crippen molar-refractivity contribution in [1.82, 2.24) is 4.90 Å². The zero-order valence-corrected chi connectivity index (χ0v) is 15.5. The highest BCUT2D eigenvalue weighted by Gasteiger charge is 2.24. The molecule has 0 radical (unpaired) electrons. The topological polar surface area (TPSA) is 54.0 Å². The summed E-state index contributed by atoms with van der Waals surface area (Å²) in [6.07, 6.45) is 0. The lowest BCUT2D eigenvalue weighted by Crippen LogP contribution is -2.50. The van der Waals surface area contributed by atoms with E-state index < -0.39 is 29.2 Å². The molecule has 1 aliphatic heterocycles. The molecule has 1 heterocycles. The van der Waals surface area contributed by atoms with Gasteiger partial charge in [0.2, 0.25) is 0 Å². The van der Waals surface area contributed by atoms with Crippen LogP contribution in [0, 0.1) is 17.5 Å². The van der Waals surface area contributed by atoms with Crippen molar-refractivity contribution < 1.29 is 27.4 Å². The Labute approximate surface area is 160 Å². The van der Waals surface area contributed by atoms with Crippen molar-refractivity contribution in [2.24, 2.45) is 0 Å². The zero-order chi connectivity index (χ0) is 20.3. The molecule has 2 amide bonds. The molecule has 1 aliphatic rings. The quantitative estimate of drug-likeness (QED) is 0.806. The molecule has 0 aliphatic carbocycles. The average molecular weight is 395 g/mol. The SMILES string of the molecule is COc1ccc(N2CCN(C(=O)Nc3ccc(F)c(F)c3F)CC2)c(OC)c1. The summed E-state index contributed by atoms with van der Waals surface area (Å²) < 4.78 is 50.6. The van der Waals surface area contributed by atoms with Gasteiger partial charge in [-0.3, -0.25) is 0 Å². The van der Waals surface area contributed by atoms with Gasteiger partial charge in [0.25, 0.3) is 0 Å². The summed E-state index contributed by atoms with van der Waals surface area (Å²) in [4.78, 5) is 15.9. The maximum absolute atomic E-state index is 13.7. The van der Waals surface area contributed by atoms with Crippen LogP contribution in [-0.4, -0.2) is 51.3 Å². The second kappa shape index (κ2) is 8.28. The molecule has 2 aromatic rings. The molecule has 1 saturated heterocycles. The van der Waals surface area contributed by atoms with Crippen LogP contribution >= 0.6 is 0 Å². The minimum Gasteiger partial charge on any atom is -0.497 e. The number of nitrogens with zero attached hydrogens (tertiary/aromatic N) is 2. The van der Waals surface area contributed by atoms with Crippen LogP contribution in [0.2, 0.25) is 0 Å². The van der Waals surface area contributed by atoms with Crippen LogP contribution < -0.4 is 19.7 Å². The Balaban J connectivity index is 1.64. The number of carbonyl (C=O) groups excluding carboxylic acids is 1. The third-order valence-electron chi connectivity index (χ3n) is 4.57. The number of methoxy groups -OCH3 is 2. The number of carbonyl (C=O) groups is 1. The van der Waals surface area contributed by atoms with Crippen LogP contribution in [-0.2, 0) is 0 Å². The zero-order valence-electron chi connectivity index (χ0n) is 15.5. The first-order valence-electron chi connectivity index (χ1n) is 8.61. The standard InChI is InChI=1S/C19H20F3N3O3/c1-27-12-3-6-15(16(11-12)28-2)24-7-9-25(10-8-24)19(26)23-14-5-4-13(20)17(21)18(14)22/h3-6,11H,7-10H2,1-2H3,(H,23,26). The number of urea groups is 1. The maximum atomic E-state index is 13.7. The van der Waals surface area contributed by atoms with E-state index in [9.17, 15) is 18.0 Å². The Morgan fingerprint density at radius 2 is 1.68 bits per heavy atom. The van der Waals surface area contributed by atoms with E-state index in [1.54, 1.807) is 20.3 Å². The molecule has 3 rings (SSSR count). The number of nitrogens with one attached hydrogen (secondary N) is 1. The van der Waals surface area contributed by atoms with Gasteiger partial charge in [0, 0.05) is 32.2 Å². The van der Waals surface area contributed by atoms with Crippen molar-refractivity contribution in [2.45, 2.75) is 0 Å². The Bertz CT molecular complexity index is 871. The molecule has 0 saturated carbocycles. The summed E-state index contributed by atoms with van der Waals surface area (Å²) in [5.74, 6) is -3.02. The molecule has 9 heteroatoms. The minimum absolute atomic E-state index is 0.367. The van der Waals surface area contributed by atoms with Crippen LogP contribution in [0.4, 0.5) is 29.3 Å². The summed E-state index contributed by atoms with van der Waals surface area (Å²) >= 11 is 0. The Morgan fingerprint density at radius 1 is 0.964 bits per heavy atom. The molecule has 0 spiro atoms. The number of benzene rings is 2. The van der Waals surface area contributed by atoms with Crippen LogP contribution in [0.15, 0.2) is 30.3 Å². The number of rotatable bonds is 4. The summed E-state index contributed by atoms with van der Waals surface area (Å²) in [6, 6.07) is 6.66. The molecule has 0 atom stereocenters. The predicted molar refractivity (Wildman–Crippen MR) is 98.7 cm³/mol. The van der Waals surface area contributed by atoms with Gasteiger partial charge in [0.15, 0.2) is 17.5 Å². The molecule has 0 aromatic heterocycles. The normalized spacial score (nSPS) is 14.0. The second-order valence-electron chi connectivity index (χ2n) is 6.16. The van der Waals surface area contributed by atoms with Crippen molar-refractivity contribution in [2.75, 3.05) is 50.6 Å². The fraction of sp³-hybridized carbons (Fsp3) is 0.316. The van der Waals surface area contributed by atoms with Crippen molar-refractivity contribution in [3.8, 4) is 11.5 Å². The van der Waals surface area contributed by atoms with Gasteiger partial charge in [-0.2, -0.15) is 0 Å². The number of anilines is 2. The fourth-order valence-electron chi connectivity index (χ4n) is 3.01. The number of hydrogen-bond donors (Lipinski definition) is 1. The van der Waals surface area contributed by atoms with Crippen LogP contribution in [0.1, 0.15) is 0 Å². The first-order valence-corrected chi connectivity index (χ1v) is 8.61. The van der Waals surface area contributed by atoms with Gasteiger partial charge in [-0.05, 0) is 24.3 Å². The second-order valence-corrected chi connectivity index (χ2v) is 6.16.